The molecule has 1 saturated carbocycles. The van der Waals surface area contributed by atoms with Crippen molar-refractivity contribution in [1.29, 1.82) is 5.26 Å². The second-order valence-corrected chi connectivity index (χ2v) is 12.3. The van der Waals surface area contributed by atoms with Crippen molar-refractivity contribution in [2.24, 2.45) is 0 Å². The second-order valence-electron chi connectivity index (χ2n) is 9.88. The van der Waals surface area contributed by atoms with Crippen LogP contribution in [0.5, 0.6) is 0 Å². The van der Waals surface area contributed by atoms with Crippen molar-refractivity contribution in [2.45, 2.75) is 68.7 Å². The molecule has 10 heteroatoms. The number of fused-ring (bicyclic) bond motifs is 1. The van der Waals surface area contributed by atoms with E-state index in [0.29, 0.717) is 49.3 Å². The minimum Gasteiger partial charge on any atom is -0.351 e. The van der Waals surface area contributed by atoms with E-state index in [9.17, 15) is 18.5 Å². The summed E-state index contributed by atoms with van der Waals surface area (Å²) in [6, 6.07) is 3.64. The Labute approximate surface area is 205 Å². The average Bonchev–Trinajstić information content (AvgIpc) is 3.39. The van der Waals surface area contributed by atoms with Crippen LogP contribution in [0.25, 0.3) is 11.0 Å². The molecule has 1 saturated heterocycles. The molecule has 3 heterocycles. The standard InChI is InChI=1S/C25H30N6O3S/c1-25(11-5-2-6-12-25)35(33,34)30-13-9-20(10-14-30)28-24-27-17-19-15-18(16-26)23(32)31(22(19)29-24)21-7-3-4-8-21/h2,5-6,11,15,17,20-21H,3-4,7-10,12-14H2,1H3,(H,27,28,29). The van der Waals surface area contributed by atoms with E-state index >= 15 is 0 Å². The first-order valence-corrected chi connectivity index (χ1v) is 13.7. The minimum absolute atomic E-state index is 0.0264. The Morgan fingerprint density at radius 3 is 2.57 bits per heavy atom. The van der Waals surface area contributed by atoms with Gasteiger partial charge in [-0.2, -0.15) is 10.2 Å². The molecular weight excluding hydrogens is 464 g/mol. The van der Waals surface area contributed by atoms with Gasteiger partial charge in [0.2, 0.25) is 16.0 Å². The van der Waals surface area contributed by atoms with Crippen molar-refractivity contribution in [3.05, 3.63) is 52.5 Å². The van der Waals surface area contributed by atoms with Crippen LogP contribution in [-0.4, -0.2) is 51.1 Å². The van der Waals surface area contributed by atoms with Gasteiger partial charge >= 0.3 is 0 Å². The largest absolute Gasteiger partial charge is 0.351 e. The third-order valence-electron chi connectivity index (χ3n) is 7.52. The van der Waals surface area contributed by atoms with Gasteiger partial charge in [0.15, 0.2) is 0 Å². The molecule has 5 rings (SSSR count). The van der Waals surface area contributed by atoms with Crippen molar-refractivity contribution >= 4 is 27.0 Å². The fraction of sp³-hybridized carbons (Fsp3) is 0.520. The lowest BCUT2D eigenvalue weighted by molar-refractivity contribution is 0.321. The Hall–Kier alpha value is -3.03. The Morgan fingerprint density at radius 2 is 1.91 bits per heavy atom. The highest BCUT2D eigenvalue weighted by molar-refractivity contribution is 7.90. The van der Waals surface area contributed by atoms with E-state index < -0.39 is 14.8 Å². The van der Waals surface area contributed by atoms with Gasteiger partial charge in [-0.25, -0.2) is 17.7 Å². The van der Waals surface area contributed by atoms with Gasteiger partial charge in [0.1, 0.15) is 22.0 Å². The number of nitriles is 1. The van der Waals surface area contributed by atoms with E-state index in [1.54, 1.807) is 40.2 Å². The van der Waals surface area contributed by atoms with Gasteiger partial charge in [-0.3, -0.25) is 9.36 Å². The average molecular weight is 495 g/mol. The summed E-state index contributed by atoms with van der Waals surface area (Å²) in [5, 5.41) is 13.4. The summed E-state index contributed by atoms with van der Waals surface area (Å²) in [6.45, 7) is 2.63. The smallest absolute Gasteiger partial charge is 0.270 e. The zero-order valence-electron chi connectivity index (χ0n) is 19.9. The lowest BCUT2D eigenvalue weighted by Gasteiger charge is -2.37. The number of piperidine rings is 1. The van der Waals surface area contributed by atoms with E-state index in [1.807, 2.05) is 18.2 Å². The molecule has 2 fully saturated rings. The monoisotopic (exact) mass is 494 g/mol. The highest BCUT2D eigenvalue weighted by atomic mass is 32.2. The van der Waals surface area contributed by atoms with Gasteiger partial charge in [-0.1, -0.05) is 37.1 Å². The van der Waals surface area contributed by atoms with Gasteiger partial charge in [-0.15, -0.1) is 0 Å². The quantitative estimate of drug-likeness (QED) is 0.677. The molecule has 1 unspecified atom stereocenters. The van der Waals surface area contributed by atoms with Gasteiger partial charge in [0.05, 0.1) is 0 Å². The van der Waals surface area contributed by atoms with Gasteiger partial charge in [0.25, 0.3) is 5.56 Å². The summed E-state index contributed by atoms with van der Waals surface area (Å²) in [5.74, 6) is 0.418. The van der Waals surface area contributed by atoms with Crippen LogP contribution >= 0.6 is 0 Å². The summed E-state index contributed by atoms with van der Waals surface area (Å²) in [7, 11) is -3.46. The first-order chi connectivity index (χ1) is 16.8. The number of nitrogens with one attached hydrogen (secondary N) is 1. The number of hydrogen-bond donors (Lipinski definition) is 1. The first kappa shape index (κ1) is 23.7. The molecule has 3 aliphatic rings. The van der Waals surface area contributed by atoms with Gasteiger partial charge in [-0.05, 0) is 45.1 Å². The van der Waals surface area contributed by atoms with Crippen LogP contribution in [-0.2, 0) is 10.0 Å². The predicted molar refractivity (Wildman–Crippen MR) is 134 cm³/mol. The van der Waals surface area contributed by atoms with Crippen molar-refractivity contribution in [3.63, 3.8) is 0 Å². The van der Waals surface area contributed by atoms with E-state index in [0.717, 1.165) is 25.7 Å². The molecule has 0 aromatic carbocycles. The molecular formula is C25H30N6O3S. The molecule has 0 bridgehead atoms. The highest BCUT2D eigenvalue weighted by Gasteiger charge is 2.42. The molecule has 9 nitrogen and oxygen atoms in total. The molecule has 2 aromatic heterocycles. The van der Waals surface area contributed by atoms with Crippen molar-refractivity contribution < 1.29 is 8.42 Å². The van der Waals surface area contributed by atoms with E-state index in [-0.39, 0.29) is 23.2 Å². The fourth-order valence-electron chi connectivity index (χ4n) is 5.39. The van der Waals surface area contributed by atoms with E-state index in [1.165, 1.54) is 0 Å². The number of allylic oxidation sites excluding steroid dienone is 3. The number of anilines is 1. The molecule has 1 atom stereocenters. The lowest BCUT2D eigenvalue weighted by Crippen LogP contribution is -2.50. The maximum atomic E-state index is 13.3. The zero-order chi connectivity index (χ0) is 24.6. The molecule has 184 valence electrons. The molecule has 1 N–H and O–H groups in total. The summed E-state index contributed by atoms with van der Waals surface area (Å²) >= 11 is 0. The molecule has 2 aromatic rings. The number of hydrogen-bond acceptors (Lipinski definition) is 7. The van der Waals surface area contributed by atoms with Crippen molar-refractivity contribution in [1.82, 2.24) is 18.8 Å². The third-order valence-corrected chi connectivity index (χ3v) is 10.0. The number of nitrogens with zero attached hydrogens (tertiary/aromatic N) is 5. The molecule has 1 aliphatic heterocycles. The Balaban J connectivity index is 1.34. The Morgan fingerprint density at radius 1 is 1.17 bits per heavy atom. The summed E-state index contributed by atoms with van der Waals surface area (Å²) < 4.78 is 28.9. The van der Waals surface area contributed by atoms with Crippen LogP contribution in [0.3, 0.4) is 0 Å². The second kappa shape index (κ2) is 9.21. The van der Waals surface area contributed by atoms with Crippen LogP contribution in [0.4, 0.5) is 5.95 Å². The SMILES string of the molecule is CC1(S(=O)(=O)N2CCC(Nc3ncc4cc(C#N)c(=O)n(C5CCCC5)c4n3)CC2)C=CC=CC1. The van der Waals surface area contributed by atoms with Crippen molar-refractivity contribution in [3.8, 4) is 6.07 Å². The zero-order valence-corrected chi connectivity index (χ0v) is 20.7. The van der Waals surface area contributed by atoms with Crippen LogP contribution in [0, 0.1) is 11.3 Å². The molecule has 35 heavy (non-hydrogen) atoms. The van der Waals surface area contributed by atoms with E-state index in [2.05, 4.69) is 15.3 Å². The summed E-state index contributed by atoms with van der Waals surface area (Å²) in [5.41, 5.74) is 0.359. The molecule has 2 aliphatic carbocycles. The maximum absolute atomic E-state index is 13.3. The Bertz CT molecular complexity index is 1390. The van der Waals surface area contributed by atoms with Crippen LogP contribution in [0.2, 0.25) is 0 Å². The van der Waals surface area contributed by atoms with Crippen LogP contribution < -0.4 is 10.9 Å². The number of rotatable bonds is 5. The normalized spacial score (nSPS) is 24.1. The summed E-state index contributed by atoms with van der Waals surface area (Å²) in [6.07, 6.45) is 14.7. The topological polar surface area (TPSA) is 121 Å². The molecule has 0 spiro atoms. The van der Waals surface area contributed by atoms with Gasteiger partial charge in [0, 0.05) is 36.8 Å². The predicted octanol–water partition coefficient (Wildman–Crippen LogP) is 3.26. The molecule has 0 radical (unpaired) electrons. The van der Waals surface area contributed by atoms with Crippen LogP contribution in [0.15, 0.2) is 41.4 Å². The first-order valence-electron chi connectivity index (χ1n) is 12.3. The van der Waals surface area contributed by atoms with E-state index in [4.69, 9.17) is 0 Å². The number of pyridine rings is 1. The highest BCUT2D eigenvalue weighted by Crippen LogP contribution is 2.33. The molecule has 0 amide bonds. The summed E-state index contributed by atoms with van der Waals surface area (Å²) in [4.78, 5) is 22.1. The number of aromatic nitrogens is 3. The lowest BCUT2D eigenvalue weighted by atomic mass is 10.0. The number of sulfonamides is 1. The van der Waals surface area contributed by atoms with Crippen LogP contribution in [0.1, 0.15) is 63.5 Å². The minimum atomic E-state index is -3.46. The fourth-order valence-corrected chi connectivity index (χ4v) is 7.23. The van der Waals surface area contributed by atoms with Gasteiger partial charge < -0.3 is 5.32 Å². The third kappa shape index (κ3) is 4.28. The van der Waals surface area contributed by atoms with Crippen molar-refractivity contribution in [2.75, 3.05) is 18.4 Å². The Kier molecular flexibility index (Phi) is 6.23. The maximum Gasteiger partial charge on any atom is 0.270 e.